The third kappa shape index (κ3) is 2.70. The van der Waals surface area contributed by atoms with Crippen molar-refractivity contribution in [2.24, 2.45) is 11.8 Å². The molecule has 2 fully saturated rings. The molecule has 2 aliphatic carbocycles. The Morgan fingerprint density at radius 3 is 1.62 bits per heavy atom. The summed E-state index contributed by atoms with van der Waals surface area (Å²) in [6, 6.07) is 21.9. The summed E-state index contributed by atoms with van der Waals surface area (Å²) in [5, 5.41) is 0. The summed E-state index contributed by atoms with van der Waals surface area (Å²) in [5.74, 6) is 1.89. The zero-order valence-corrected chi connectivity index (χ0v) is 15.8. The number of rotatable bonds is 4. The van der Waals surface area contributed by atoms with Gasteiger partial charge in [-0.1, -0.05) is 46.7 Å². The van der Waals surface area contributed by atoms with Crippen LogP contribution in [-0.2, 0) is 4.18 Å². The van der Waals surface area contributed by atoms with Crippen LogP contribution in [0.1, 0.15) is 40.0 Å². The molecule has 1 unspecified atom stereocenters. The molecule has 3 atom stereocenters. The molecule has 0 heterocycles. The highest BCUT2D eigenvalue weighted by Crippen LogP contribution is 2.73. The minimum Gasteiger partial charge on any atom is -0.324 e. The van der Waals surface area contributed by atoms with E-state index >= 15 is 0 Å². The largest absolute Gasteiger partial charge is 0.324 e. The van der Waals surface area contributed by atoms with Crippen molar-refractivity contribution in [3.05, 3.63) is 60.7 Å². The van der Waals surface area contributed by atoms with Gasteiger partial charge in [0.2, 0.25) is 0 Å². The summed E-state index contributed by atoms with van der Waals surface area (Å²) < 4.78 is 7.16. The average Bonchev–Trinajstić information content (AvgIpc) is 3.19. The van der Waals surface area contributed by atoms with E-state index in [0.29, 0.717) is 6.10 Å². The highest BCUT2D eigenvalue weighted by Gasteiger charge is 2.50. The Bertz CT molecular complexity index is 639. The first-order chi connectivity index (χ1) is 11.5. The van der Waals surface area contributed by atoms with Crippen LogP contribution in [-0.4, -0.2) is 10.9 Å². The zero-order valence-electron chi connectivity index (χ0n) is 14.9. The molecule has 2 aromatic carbocycles. The zero-order chi connectivity index (χ0) is 16.8. The molecular formula is C22H28OS. The van der Waals surface area contributed by atoms with Crippen molar-refractivity contribution in [2.45, 2.75) is 60.7 Å². The van der Waals surface area contributed by atoms with Crippen molar-refractivity contribution in [1.82, 2.24) is 0 Å². The standard InChI is InChI=1S/C22H28OS/c1-22(2,3)24(20-10-6-4-7-11-20,21-12-8-5-9-13-21)23-19-15-17-14-18(17)16-19/h4-13,17-19H,14-16H2,1-3H3/t17-,18+,19?. The van der Waals surface area contributed by atoms with Crippen LogP contribution >= 0.6 is 10.3 Å². The molecule has 4 rings (SSSR count). The molecular weight excluding hydrogens is 312 g/mol. The maximum Gasteiger partial charge on any atom is 0.0715 e. The van der Waals surface area contributed by atoms with Crippen LogP contribution in [0.15, 0.2) is 70.5 Å². The lowest BCUT2D eigenvalue weighted by atomic mass is 10.2. The van der Waals surface area contributed by atoms with Gasteiger partial charge in [0.25, 0.3) is 0 Å². The number of hydrogen-bond acceptors (Lipinski definition) is 1. The van der Waals surface area contributed by atoms with Gasteiger partial charge in [-0.15, -0.1) is 0 Å². The number of fused-ring (bicyclic) bond motifs is 1. The van der Waals surface area contributed by atoms with Crippen LogP contribution in [0.2, 0.25) is 0 Å². The minimum absolute atomic E-state index is 0.0441. The summed E-state index contributed by atoms with van der Waals surface area (Å²) in [6.45, 7) is 7.04. The molecule has 0 amide bonds. The average molecular weight is 341 g/mol. The van der Waals surface area contributed by atoms with Gasteiger partial charge in [0.1, 0.15) is 0 Å². The first-order valence-electron chi connectivity index (χ1n) is 9.12. The van der Waals surface area contributed by atoms with Crippen LogP contribution in [0, 0.1) is 11.8 Å². The molecule has 0 N–H and O–H groups in total. The van der Waals surface area contributed by atoms with E-state index in [-0.39, 0.29) is 4.75 Å². The van der Waals surface area contributed by atoms with Gasteiger partial charge in [0, 0.05) is 14.5 Å². The predicted molar refractivity (Wildman–Crippen MR) is 102 cm³/mol. The third-order valence-electron chi connectivity index (χ3n) is 5.49. The summed E-state index contributed by atoms with van der Waals surface area (Å²) >= 11 is 0. The van der Waals surface area contributed by atoms with E-state index in [4.69, 9.17) is 4.18 Å². The van der Waals surface area contributed by atoms with Gasteiger partial charge in [-0.2, -0.15) is 0 Å². The van der Waals surface area contributed by atoms with Gasteiger partial charge in [0.15, 0.2) is 0 Å². The molecule has 24 heavy (non-hydrogen) atoms. The molecule has 1 nitrogen and oxygen atoms in total. The smallest absolute Gasteiger partial charge is 0.0715 e. The maximum atomic E-state index is 7.12. The SMILES string of the molecule is CC(C)(C)S(OC1C[C@@H]2C[C@@H]2C1)(c1ccccc1)c1ccccc1. The van der Waals surface area contributed by atoms with Crippen molar-refractivity contribution in [3.8, 4) is 0 Å². The van der Waals surface area contributed by atoms with E-state index < -0.39 is 10.3 Å². The Morgan fingerprint density at radius 2 is 1.21 bits per heavy atom. The Labute approximate surface area is 148 Å². The molecule has 0 aromatic heterocycles. The van der Waals surface area contributed by atoms with Gasteiger partial charge in [-0.05, 0) is 76.1 Å². The van der Waals surface area contributed by atoms with E-state index in [1.54, 1.807) is 0 Å². The van der Waals surface area contributed by atoms with Gasteiger partial charge in [0.05, 0.1) is 6.10 Å². The Hall–Kier alpha value is -1.25. The fourth-order valence-electron chi connectivity index (χ4n) is 4.26. The van der Waals surface area contributed by atoms with Crippen LogP contribution < -0.4 is 0 Å². The molecule has 0 radical (unpaired) electrons. The van der Waals surface area contributed by atoms with Crippen LogP contribution in [0.25, 0.3) is 0 Å². The summed E-state index contributed by atoms with van der Waals surface area (Å²) in [6.07, 6.45) is 4.38. The lowest BCUT2D eigenvalue weighted by Gasteiger charge is -2.51. The van der Waals surface area contributed by atoms with Crippen LogP contribution in [0.4, 0.5) is 0 Å². The van der Waals surface area contributed by atoms with Crippen LogP contribution in [0.5, 0.6) is 0 Å². The molecule has 2 aliphatic rings. The lowest BCUT2D eigenvalue weighted by Crippen LogP contribution is -2.30. The van der Waals surface area contributed by atoms with E-state index in [9.17, 15) is 0 Å². The molecule has 2 aromatic rings. The van der Waals surface area contributed by atoms with Crippen LogP contribution in [0.3, 0.4) is 0 Å². The lowest BCUT2D eigenvalue weighted by molar-refractivity contribution is 0.214. The second kappa shape index (κ2) is 5.93. The summed E-state index contributed by atoms with van der Waals surface area (Å²) in [7, 11) is -1.56. The van der Waals surface area contributed by atoms with E-state index in [1.165, 1.54) is 29.1 Å². The molecule has 2 saturated carbocycles. The van der Waals surface area contributed by atoms with Crippen molar-refractivity contribution in [3.63, 3.8) is 0 Å². The summed E-state index contributed by atoms with van der Waals surface area (Å²) in [5.41, 5.74) is 0. The number of benzene rings is 2. The van der Waals surface area contributed by atoms with Gasteiger partial charge >= 0.3 is 0 Å². The fourth-order valence-corrected chi connectivity index (χ4v) is 8.11. The monoisotopic (exact) mass is 340 g/mol. The highest BCUT2D eigenvalue weighted by molar-refractivity contribution is 8.31. The highest BCUT2D eigenvalue weighted by atomic mass is 32.3. The molecule has 0 bridgehead atoms. The number of hydrogen-bond donors (Lipinski definition) is 0. The summed E-state index contributed by atoms with van der Waals surface area (Å²) in [4.78, 5) is 2.70. The molecule has 0 saturated heterocycles. The van der Waals surface area contributed by atoms with E-state index in [1.807, 2.05) is 0 Å². The van der Waals surface area contributed by atoms with Crippen molar-refractivity contribution in [2.75, 3.05) is 0 Å². The molecule has 0 aliphatic heterocycles. The van der Waals surface area contributed by atoms with E-state index in [2.05, 4.69) is 81.4 Å². The van der Waals surface area contributed by atoms with Crippen molar-refractivity contribution < 1.29 is 4.18 Å². The minimum atomic E-state index is -1.56. The second-order valence-corrected chi connectivity index (χ2v) is 11.7. The van der Waals surface area contributed by atoms with Crippen molar-refractivity contribution in [1.29, 1.82) is 0 Å². The maximum absolute atomic E-state index is 7.12. The van der Waals surface area contributed by atoms with Gasteiger partial charge in [-0.3, -0.25) is 0 Å². The first-order valence-corrected chi connectivity index (χ1v) is 10.7. The molecule has 0 spiro atoms. The fraction of sp³-hybridized carbons (Fsp3) is 0.455. The predicted octanol–water partition coefficient (Wildman–Crippen LogP) is 6.44. The second-order valence-electron chi connectivity index (χ2n) is 8.24. The van der Waals surface area contributed by atoms with E-state index in [0.717, 1.165) is 11.8 Å². The quantitative estimate of drug-likeness (QED) is 0.622. The Balaban J connectivity index is 1.82. The third-order valence-corrected chi connectivity index (χ3v) is 9.65. The Kier molecular flexibility index (Phi) is 4.01. The topological polar surface area (TPSA) is 9.23 Å². The first kappa shape index (κ1) is 16.2. The molecule has 128 valence electrons. The van der Waals surface area contributed by atoms with Gasteiger partial charge < -0.3 is 4.18 Å². The van der Waals surface area contributed by atoms with Crippen molar-refractivity contribution >= 4 is 10.3 Å². The Morgan fingerprint density at radius 1 is 0.750 bits per heavy atom. The normalized spacial score (nSPS) is 26.9. The molecule has 2 heteroatoms. The van der Waals surface area contributed by atoms with Gasteiger partial charge in [-0.25, -0.2) is 0 Å².